The van der Waals surface area contributed by atoms with Crippen LogP contribution in [0.1, 0.15) is 5.89 Å². The van der Waals surface area contributed by atoms with Gasteiger partial charge in [-0.25, -0.2) is 4.98 Å². The van der Waals surface area contributed by atoms with E-state index >= 15 is 0 Å². The molecule has 0 amide bonds. The topological polar surface area (TPSA) is 97.6 Å². The molecule has 0 radical (unpaired) electrons. The molecule has 0 aromatic carbocycles. The largest absolute Gasteiger partial charge is 0.450 e. The van der Waals surface area contributed by atoms with Crippen LogP contribution < -0.4 is 0 Å². The van der Waals surface area contributed by atoms with Gasteiger partial charge < -0.3 is 4.52 Å². The Labute approximate surface area is 91.0 Å². The predicted molar refractivity (Wildman–Crippen MR) is 44.4 cm³/mol. The molecule has 0 saturated carbocycles. The van der Waals surface area contributed by atoms with Gasteiger partial charge in [-0.2, -0.15) is 23.3 Å². The standard InChI is InChI=1S/C7H4F3N5O2/c8-7(9,10)3(16)1-4-13-6(15-17-4)5-11-2-12-14-5/h2H,1H2,(H,11,12,14). The van der Waals surface area contributed by atoms with Crippen molar-refractivity contribution >= 4 is 5.78 Å². The Morgan fingerprint density at radius 3 is 2.82 bits per heavy atom. The Balaban J connectivity index is 2.12. The lowest BCUT2D eigenvalue weighted by Crippen LogP contribution is -2.24. The number of alkyl halides is 3. The number of rotatable bonds is 3. The van der Waals surface area contributed by atoms with Crippen LogP contribution in [0.5, 0.6) is 0 Å². The van der Waals surface area contributed by atoms with Gasteiger partial charge in [-0.05, 0) is 0 Å². The lowest BCUT2D eigenvalue weighted by molar-refractivity contribution is -0.170. The van der Waals surface area contributed by atoms with Crippen molar-refractivity contribution in [3.63, 3.8) is 0 Å². The fourth-order valence-corrected chi connectivity index (χ4v) is 0.974. The first-order valence-electron chi connectivity index (χ1n) is 4.25. The summed E-state index contributed by atoms with van der Waals surface area (Å²) in [5, 5.41) is 9.25. The number of aromatic amines is 1. The van der Waals surface area contributed by atoms with Crippen molar-refractivity contribution in [1.29, 1.82) is 0 Å². The van der Waals surface area contributed by atoms with Crippen molar-refractivity contribution in [3.05, 3.63) is 12.2 Å². The Bertz CT molecular complexity index is 518. The van der Waals surface area contributed by atoms with E-state index in [1.165, 1.54) is 6.33 Å². The number of hydrogen-bond acceptors (Lipinski definition) is 6. The van der Waals surface area contributed by atoms with E-state index in [1.54, 1.807) is 0 Å². The molecular formula is C7H4F3N5O2. The quantitative estimate of drug-likeness (QED) is 0.849. The Hall–Kier alpha value is -2.26. The highest BCUT2D eigenvalue weighted by Crippen LogP contribution is 2.19. The zero-order valence-electron chi connectivity index (χ0n) is 8.02. The van der Waals surface area contributed by atoms with Gasteiger partial charge in [-0.1, -0.05) is 5.16 Å². The molecule has 1 N–H and O–H groups in total. The van der Waals surface area contributed by atoms with Crippen molar-refractivity contribution in [2.45, 2.75) is 12.6 Å². The maximum absolute atomic E-state index is 11.9. The van der Waals surface area contributed by atoms with Gasteiger partial charge in [-0.15, -0.1) is 0 Å². The highest BCUT2D eigenvalue weighted by Gasteiger charge is 2.39. The third kappa shape index (κ3) is 2.46. The minimum Gasteiger partial charge on any atom is -0.338 e. The number of H-pyrrole nitrogens is 1. The maximum atomic E-state index is 11.9. The van der Waals surface area contributed by atoms with Gasteiger partial charge in [0, 0.05) is 0 Å². The molecule has 0 unspecified atom stereocenters. The Morgan fingerprint density at radius 1 is 1.47 bits per heavy atom. The first-order chi connectivity index (χ1) is 7.97. The summed E-state index contributed by atoms with van der Waals surface area (Å²) < 4.78 is 40.3. The van der Waals surface area contributed by atoms with Crippen LogP contribution in [0, 0.1) is 0 Å². The molecule has 0 bridgehead atoms. The van der Waals surface area contributed by atoms with Crippen LogP contribution in [-0.4, -0.2) is 37.3 Å². The normalized spacial score (nSPS) is 11.7. The number of nitrogens with zero attached hydrogens (tertiary/aromatic N) is 4. The molecule has 0 saturated heterocycles. The van der Waals surface area contributed by atoms with Crippen LogP contribution in [0.2, 0.25) is 0 Å². The Kier molecular flexibility index (Phi) is 2.61. The lowest BCUT2D eigenvalue weighted by atomic mass is 10.3. The van der Waals surface area contributed by atoms with Gasteiger partial charge >= 0.3 is 6.18 Å². The van der Waals surface area contributed by atoms with Crippen LogP contribution in [0.15, 0.2) is 10.9 Å². The maximum Gasteiger partial charge on any atom is 0.450 e. The zero-order valence-corrected chi connectivity index (χ0v) is 8.02. The zero-order chi connectivity index (χ0) is 12.5. The monoisotopic (exact) mass is 247 g/mol. The van der Waals surface area contributed by atoms with Gasteiger partial charge in [0.1, 0.15) is 6.33 Å². The van der Waals surface area contributed by atoms with E-state index in [2.05, 4.69) is 29.8 Å². The van der Waals surface area contributed by atoms with Crippen LogP contribution in [0.3, 0.4) is 0 Å². The second-order valence-electron chi connectivity index (χ2n) is 2.94. The highest BCUT2D eigenvalue weighted by atomic mass is 19.4. The number of Topliss-reactive ketones (excluding diaryl/α,β-unsaturated/α-hetero) is 1. The summed E-state index contributed by atoms with van der Waals surface area (Å²) in [7, 11) is 0. The average Bonchev–Trinajstić information content (AvgIpc) is 2.83. The molecule has 0 aliphatic heterocycles. The van der Waals surface area contributed by atoms with E-state index in [9.17, 15) is 18.0 Å². The van der Waals surface area contributed by atoms with E-state index in [-0.39, 0.29) is 11.6 Å². The first-order valence-corrected chi connectivity index (χ1v) is 4.25. The molecule has 90 valence electrons. The summed E-state index contributed by atoms with van der Waals surface area (Å²) in [4.78, 5) is 17.9. The van der Waals surface area contributed by atoms with Crippen LogP contribution in [0.25, 0.3) is 11.6 Å². The van der Waals surface area contributed by atoms with Crippen LogP contribution in [-0.2, 0) is 11.2 Å². The Morgan fingerprint density at radius 2 is 2.24 bits per heavy atom. The second kappa shape index (κ2) is 3.96. The van der Waals surface area contributed by atoms with Crippen LogP contribution >= 0.6 is 0 Å². The minimum absolute atomic E-state index is 0.0625. The van der Waals surface area contributed by atoms with Crippen molar-refractivity contribution in [2.24, 2.45) is 0 Å². The van der Waals surface area contributed by atoms with E-state index in [0.717, 1.165) is 0 Å². The number of nitrogens with one attached hydrogen (secondary N) is 1. The fourth-order valence-electron chi connectivity index (χ4n) is 0.974. The van der Waals surface area contributed by atoms with E-state index in [0.29, 0.717) is 0 Å². The van der Waals surface area contributed by atoms with E-state index in [4.69, 9.17) is 0 Å². The minimum atomic E-state index is -4.92. The predicted octanol–water partition coefficient (Wildman–Crippen LogP) is 0.529. The number of hydrogen-bond donors (Lipinski definition) is 1. The fraction of sp³-hybridized carbons (Fsp3) is 0.286. The molecule has 0 aliphatic rings. The van der Waals surface area contributed by atoms with Gasteiger partial charge in [0.2, 0.25) is 17.5 Å². The molecular weight excluding hydrogens is 243 g/mol. The molecule has 2 aromatic heterocycles. The molecule has 0 atom stereocenters. The average molecular weight is 247 g/mol. The summed E-state index contributed by atoms with van der Waals surface area (Å²) in [5.74, 6) is -2.31. The van der Waals surface area contributed by atoms with Crippen molar-refractivity contribution in [2.75, 3.05) is 0 Å². The first kappa shape index (κ1) is 11.2. The summed E-state index contributed by atoms with van der Waals surface area (Å²) in [5.41, 5.74) is 0. The number of aromatic nitrogens is 5. The SMILES string of the molecule is O=C(Cc1nc(-c2ncn[nH]2)no1)C(F)(F)F. The van der Waals surface area contributed by atoms with Crippen LogP contribution in [0.4, 0.5) is 13.2 Å². The number of halogens is 3. The smallest absolute Gasteiger partial charge is 0.338 e. The molecule has 2 rings (SSSR count). The molecule has 2 heterocycles. The third-order valence-corrected chi connectivity index (χ3v) is 1.72. The van der Waals surface area contributed by atoms with Crippen molar-refractivity contribution in [1.82, 2.24) is 25.3 Å². The van der Waals surface area contributed by atoms with Crippen molar-refractivity contribution in [3.8, 4) is 11.6 Å². The molecule has 17 heavy (non-hydrogen) atoms. The molecule has 7 nitrogen and oxygen atoms in total. The lowest BCUT2D eigenvalue weighted by Gasteiger charge is -2.00. The van der Waals surface area contributed by atoms with E-state index < -0.39 is 24.3 Å². The molecule has 0 aliphatic carbocycles. The molecule has 0 spiro atoms. The number of carbonyl (C=O) groups is 1. The third-order valence-electron chi connectivity index (χ3n) is 1.72. The van der Waals surface area contributed by atoms with Gasteiger partial charge in [-0.3, -0.25) is 9.89 Å². The summed E-state index contributed by atoms with van der Waals surface area (Å²) >= 11 is 0. The molecule has 0 fully saturated rings. The van der Waals surface area contributed by atoms with Gasteiger partial charge in [0.25, 0.3) is 0 Å². The van der Waals surface area contributed by atoms with E-state index in [1.807, 2.05) is 0 Å². The summed E-state index contributed by atoms with van der Waals surface area (Å²) in [6.07, 6.45) is -4.74. The van der Waals surface area contributed by atoms with Crippen molar-refractivity contribution < 1.29 is 22.5 Å². The number of carbonyl (C=O) groups excluding carboxylic acids is 1. The number of ketones is 1. The van der Waals surface area contributed by atoms with Gasteiger partial charge in [0.05, 0.1) is 6.42 Å². The molecule has 2 aromatic rings. The van der Waals surface area contributed by atoms with Gasteiger partial charge in [0.15, 0.2) is 5.82 Å². The highest BCUT2D eigenvalue weighted by molar-refractivity contribution is 5.85. The summed E-state index contributed by atoms with van der Waals surface area (Å²) in [6, 6.07) is 0. The molecule has 10 heteroatoms. The second-order valence-corrected chi connectivity index (χ2v) is 2.94. The summed E-state index contributed by atoms with van der Waals surface area (Å²) in [6.45, 7) is 0.